The first kappa shape index (κ1) is 15.0. The Morgan fingerprint density at radius 2 is 2.20 bits per heavy atom. The zero-order valence-corrected chi connectivity index (χ0v) is 12.9. The molecule has 1 aromatic rings. The van der Waals surface area contributed by atoms with Crippen molar-refractivity contribution < 1.29 is 4.79 Å². The number of rotatable bonds is 7. The minimum atomic E-state index is 0.241. The van der Waals surface area contributed by atoms with E-state index in [-0.39, 0.29) is 5.78 Å². The largest absolute Gasteiger partial charge is 0.382 e. The molecular weight excluding hydrogens is 248 g/mol. The Kier molecular flexibility index (Phi) is 5.18. The lowest BCUT2D eigenvalue weighted by atomic mass is 10.0. The van der Waals surface area contributed by atoms with Gasteiger partial charge >= 0.3 is 0 Å². The van der Waals surface area contributed by atoms with Gasteiger partial charge in [-0.1, -0.05) is 20.3 Å². The van der Waals surface area contributed by atoms with Crippen molar-refractivity contribution in [1.29, 1.82) is 0 Å². The van der Waals surface area contributed by atoms with Gasteiger partial charge in [-0.2, -0.15) is 0 Å². The van der Waals surface area contributed by atoms with Crippen LogP contribution >= 0.6 is 0 Å². The number of carbonyl (C=O) groups is 1. The molecule has 0 aliphatic carbocycles. The Balaban J connectivity index is 2.01. The SMILES string of the molecule is CCCCN(CC)CC(=O)c1ccc2c(c1)CC(C)N2. The molecule has 0 saturated heterocycles. The minimum absolute atomic E-state index is 0.241. The molecule has 1 N–H and O–H groups in total. The lowest BCUT2D eigenvalue weighted by molar-refractivity contribution is 0.0933. The van der Waals surface area contributed by atoms with E-state index in [4.69, 9.17) is 0 Å². The van der Waals surface area contributed by atoms with E-state index in [2.05, 4.69) is 37.1 Å². The third-order valence-electron chi connectivity index (χ3n) is 4.00. The second-order valence-electron chi connectivity index (χ2n) is 5.77. The summed E-state index contributed by atoms with van der Waals surface area (Å²) in [5.41, 5.74) is 3.32. The third-order valence-corrected chi connectivity index (χ3v) is 4.00. The normalized spacial score (nSPS) is 17.1. The Morgan fingerprint density at radius 3 is 2.90 bits per heavy atom. The molecule has 0 saturated carbocycles. The standard InChI is InChI=1S/C17H26N2O/c1-4-6-9-19(5-2)12-17(20)14-7-8-16-15(11-14)10-13(3)18-16/h7-8,11,13,18H,4-6,9-10,12H2,1-3H3. The van der Waals surface area contributed by atoms with E-state index in [1.165, 1.54) is 17.7 Å². The van der Waals surface area contributed by atoms with Crippen molar-refractivity contribution in [2.24, 2.45) is 0 Å². The number of carbonyl (C=O) groups excluding carboxylic acids is 1. The lowest BCUT2D eigenvalue weighted by Gasteiger charge is -2.19. The first-order chi connectivity index (χ1) is 9.63. The predicted octanol–water partition coefficient (Wildman–Crippen LogP) is 3.35. The number of nitrogens with zero attached hydrogens (tertiary/aromatic N) is 1. The number of hydrogen-bond acceptors (Lipinski definition) is 3. The molecular formula is C17H26N2O. The fraction of sp³-hybridized carbons (Fsp3) is 0.588. The second kappa shape index (κ2) is 6.89. The highest BCUT2D eigenvalue weighted by molar-refractivity contribution is 5.98. The van der Waals surface area contributed by atoms with Crippen LogP contribution in [0.1, 0.15) is 49.5 Å². The molecule has 1 aliphatic rings. The van der Waals surface area contributed by atoms with Crippen molar-refractivity contribution in [3.05, 3.63) is 29.3 Å². The summed E-state index contributed by atoms with van der Waals surface area (Å²) < 4.78 is 0. The third kappa shape index (κ3) is 3.60. The summed E-state index contributed by atoms with van der Waals surface area (Å²) in [6.45, 7) is 8.97. The van der Waals surface area contributed by atoms with Crippen LogP contribution in [0.4, 0.5) is 5.69 Å². The Hall–Kier alpha value is -1.35. The summed E-state index contributed by atoms with van der Waals surface area (Å²) in [7, 11) is 0. The van der Waals surface area contributed by atoms with Gasteiger partial charge in [0.05, 0.1) is 6.54 Å². The molecule has 2 rings (SSSR count). The van der Waals surface area contributed by atoms with Gasteiger partial charge in [0, 0.05) is 17.3 Å². The summed E-state index contributed by atoms with van der Waals surface area (Å²) >= 11 is 0. The van der Waals surface area contributed by atoms with E-state index in [1.807, 2.05) is 12.1 Å². The molecule has 0 bridgehead atoms. The number of Topliss-reactive ketones (excluding diaryl/α,β-unsaturated/α-hetero) is 1. The van der Waals surface area contributed by atoms with Gasteiger partial charge in [-0.3, -0.25) is 9.69 Å². The molecule has 3 heteroatoms. The van der Waals surface area contributed by atoms with Crippen LogP contribution in [-0.4, -0.2) is 36.4 Å². The van der Waals surface area contributed by atoms with Gasteiger partial charge in [0.1, 0.15) is 0 Å². The molecule has 1 heterocycles. The van der Waals surface area contributed by atoms with Crippen LogP contribution in [0.2, 0.25) is 0 Å². The molecule has 1 aromatic carbocycles. The van der Waals surface area contributed by atoms with Crippen LogP contribution in [0.25, 0.3) is 0 Å². The average molecular weight is 274 g/mol. The highest BCUT2D eigenvalue weighted by Crippen LogP contribution is 2.26. The first-order valence-corrected chi connectivity index (χ1v) is 7.79. The number of hydrogen-bond donors (Lipinski definition) is 1. The number of anilines is 1. The Bertz CT molecular complexity index is 470. The number of likely N-dealkylation sites (N-methyl/N-ethyl adjacent to an activating group) is 1. The van der Waals surface area contributed by atoms with Gasteiger partial charge in [0.25, 0.3) is 0 Å². The highest BCUT2D eigenvalue weighted by Gasteiger charge is 2.19. The minimum Gasteiger partial charge on any atom is -0.382 e. The van der Waals surface area contributed by atoms with Gasteiger partial charge in [0.2, 0.25) is 0 Å². The van der Waals surface area contributed by atoms with Crippen molar-refractivity contribution in [2.75, 3.05) is 25.0 Å². The Labute approximate surface area is 122 Å². The van der Waals surface area contributed by atoms with Crippen molar-refractivity contribution in [3.63, 3.8) is 0 Å². The van der Waals surface area contributed by atoms with Gasteiger partial charge in [0.15, 0.2) is 5.78 Å². The van der Waals surface area contributed by atoms with Crippen LogP contribution in [-0.2, 0) is 6.42 Å². The maximum Gasteiger partial charge on any atom is 0.176 e. The topological polar surface area (TPSA) is 32.3 Å². The molecule has 0 radical (unpaired) electrons. The van der Waals surface area contributed by atoms with Crippen molar-refractivity contribution >= 4 is 11.5 Å². The van der Waals surface area contributed by atoms with Crippen molar-refractivity contribution in [3.8, 4) is 0 Å². The summed E-state index contributed by atoms with van der Waals surface area (Å²) in [5, 5.41) is 3.42. The maximum atomic E-state index is 12.4. The smallest absolute Gasteiger partial charge is 0.176 e. The Morgan fingerprint density at radius 1 is 1.40 bits per heavy atom. The molecule has 1 aliphatic heterocycles. The van der Waals surface area contributed by atoms with Gasteiger partial charge in [-0.25, -0.2) is 0 Å². The molecule has 110 valence electrons. The number of fused-ring (bicyclic) bond motifs is 1. The maximum absolute atomic E-state index is 12.4. The summed E-state index contributed by atoms with van der Waals surface area (Å²) in [6.07, 6.45) is 3.35. The van der Waals surface area contributed by atoms with Crippen LogP contribution < -0.4 is 5.32 Å². The fourth-order valence-electron chi connectivity index (χ4n) is 2.75. The van der Waals surface area contributed by atoms with E-state index >= 15 is 0 Å². The zero-order valence-electron chi connectivity index (χ0n) is 12.9. The van der Waals surface area contributed by atoms with Crippen LogP contribution in [0.15, 0.2) is 18.2 Å². The van der Waals surface area contributed by atoms with Crippen LogP contribution in [0.3, 0.4) is 0 Å². The summed E-state index contributed by atoms with van der Waals surface area (Å²) in [4.78, 5) is 14.6. The molecule has 1 unspecified atom stereocenters. The first-order valence-electron chi connectivity index (χ1n) is 7.79. The van der Waals surface area contributed by atoms with Crippen molar-refractivity contribution in [1.82, 2.24) is 4.90 Å². The summed E-state index contributed by atoms with van der Waals surface area (Å²) in [6, 6.07) is 6.56. The van der Waals surface area contributed by atoms with E-state index < -0.39 is 0 Å². The van der Waals surface area contributed by atoms with Gasteiger partial charge in [-0.15, -0.1) is 0 Å². The lowest BCUT2D eigenvalue weighted by Crippen LogP contribution is -2.30. The van der Waals surface area contributed by atoms with E-state index in [0.717, 1.165) is 31.5 Å². The molecule has 0 amide bonds. The molecule has 0 fully saturated rings. The number of nitrogens with one attached hydrogen (secondary N) is 1. The van der Waals surface area contributed by atoms with E-state index in [0.29, 0.717) is 12.6 Å². The quantitative estimate of drug-likeness (QED) is 0.774. The highest BCUT2D eigenvalue weighted by atomic mass is 16.1. The fourth-order valence-corrected chi connectivity index (χ4v) is 2.75. The molecule has 1 atom stereocenters. The van der Waals surface area contributed by atoms with Crippen molar-refractivity contribution in [2.45, 2.75) is 46.1 Å². The zero-order chi connectivity index (χ0) is 14.5. The van der Waals surface area contributed by atoms with Crippen LogP contribution in [0, 0.1) is 0 Å². The predicted molar refractivity (Wildman–Crippen MR) is 84.6 cm³/mol. The number of ketones is 1. The van der Waals surface area contributed by atoms with Crippen LogP contribution in [0.5, 0.6) is 0 Å². The molecule has 0 aromatic heterocycles. The number of unbranched alkanes of at least 4 members (excludes halogenated alkanes) is 1. The molecule has 20 heavy (non-hydrogen) atoms. The average Bonchev–Trinajstić information content (AvgIpc) is 2.82. The second-order valence-corrected chi connectivity index (χ2v) is 5.77. The van der Waals surface area contributed by atoms with Gasteiger partial charge < -0.3 is 5.32 Å². The number of benzene rings is 1. The van der Waals surface area contributed by atoms with E-state index in [9.17, 15) is 4.79 Å². The van der Waals surface area contributed by atoms with Gasteiger partial charge in [-0.05, 0) is 56.6 Å². The monoisotopic (exact) mass is 274 g/mol. The molecule has 0 spiro atoms. The van der Waals surface area contributed by atoms with E-state index in [1.54, 1.807) is 0 Å². The summed E-state index contributed by atoms with van der Waals surface area (Å²) in [5.74, 6) is 0.241. The molecule has 3 nitrogen and oxygen atoms in total.